The topological polar surface area (TPSA) is 39.7 Å². The van der Waals surface area contributed by atoms with E-state index in [-0.39, 0.29) is 0 Å². The summed E-state index contributed by atoms with van der Waals surface area (Å²) in [5.74, 6) is 3.06. The first kappa shape index (κ1) is 10.7. The van der Waals surface area contributed by atoms with Gasteiger partial charge >= 0.3 is 0 Å². The minimum atomic E-state index is 0.515. The molecule has 1 fully saturated rings. The summed E-state index contributed by atoms with van der Waals surface area (Å²) in [5.41, 5.74) is 1.22. The van der Waals surface area contributed by atoms with E-state index in [2.05, 4.69) is 11.4 Å². The molecule has 0 aliphatic carbocycles. The van der Waals surface area contributed by atoms with Gasteiger partial charge in [0.1, 0.15) is 19.0 Å². The van der Waals surface area contributed by atoms with Crippen LogP contribution in [0.25, 0.3) is 0 Å². The van der Waals surface area contributed by atoms with E-state index >= 15 is 0 Å². The number of methoxy groups -OCH3 is 1. The fraction of sp³-hybridized carbons (Fsp3) is 0.538. The maximum Gasteiger partial charge on any atom is 0.165 e. The fourth-order valence-corrected chi connectivity index (χ4v) is 2.50. The van der Waals surface area contributed by atoms with E-state index in [1.807, 2.05) is 6.07 Å². The van der Waals surface area contributed by atoms with Crippen LogP contribution in [0.15, 0.2) is 12.1 Å². The van der Waals surface area contributed by atoms with Gasteiger partial charge in [-0.1, -0.05) is 0 Å². The SMILES string of the molecule is COc1cc2c(cc1C1CCNC1)OCCO2. The Balaban J connectivity index is 2.00. The van der Waals surface area contributed by atoms with Gasteiger partial charge in [0.2, 0.25) is 0 Å². The van der Waals surface area contributed by atoms with Gasteiger partial charge in [0.15, 0.2) is 11.5 Å². The zero-order valence-corrected chi connectivity index (χ0v) is 9.99. The molecule has 0 saturated carbocycles. The normalized spacial score (nSPS) is 22.5. The molecule has 92 valence electrons. The minimum absolute atomic E-state index is 0.515. The molecule has 0 aromatic heterocycles. The van der Waals surface area contributed by atoms with Gasteiger partial charge in [-0.3, -0.25) is 0 Å². The molecule has 0 spiro atoms. The van der Waals surface area contributed by atoms with E-state index in [1.165, 1.54) is 5.56 Å². The summed E-state index contributed by atoms with van der Waals surface area (Å²) in [4.78, 5) is 0. The monoisotopic (exact) mass is 235 g/mol. The van der Waals surface area contributed by atoms with Crippen LogP contribution < -0.4 is 19.5 Å². The Labute approximate surface area is 101 Å². The first-order chi connectivity index (χ1) is 8.38. The summed E-state index contributed by atoms with van der Waals surface area (Å²) >= 11 is 0. The number of benzene rings is 1. The Bertz CT molecular complexity index is 413. The van der Waals surface area contributed by atoms with E-state index in [0.29, 0.717) is 19.1 Å². The molecule has 1 aromatic carbocycles. The molecule has 4 heteroatoms. The molecular formula is C13H17NO3. The molecule has 1 atom stereocenters. The lowest BCUT2D eigenvalue weighted by Gasteiger charge is -2.22. The van der Waals surface area contributed by atoms with Crippen LogP contribution in [0.3, 0.4) is 0 Å². The van der Waals surface area contributed by atoms with E-state index in [4.69, 9.17) is 14.2 Å². The third-order valence-electron chi connectivity index (χ3n) is 3.39. The lowest BCUT2D eigenvalue weighted by molar-refractivity contribution is 0.170. The van der Waals surface area contributed by atoms with Gasteiger partial charge in [-0.25, -0.2) is 0 Å². The molecule has 17 heavy (non-hydrogen) atoms. The molecule has 2 aliphatic heterocycles. The predicted octanol–water partition coefficient (Wildman–Crippen LogP) is 1.54. The van der Waals surface area contributed by atoms with Crippen LogP contribution in [-0.4, -0.2) is 33.4 Å². The van der Waals surface area contributed by atoms with Gasteiger partial charge in [-0.2, -0.15) is 0 Å². The molecule has 0 radical (unpaired) electrons. The summed E-state index contributed by atoms with van der Waals surface area (Å²) in [6.45, 7) is 3.32. The molecule has 1 aromatic rings. The molecular weight excluding hydrogens is 218 g/mol. The van der Waals surface area contributed by atoms with Crippen molar-refractivity contribution in [1.29, 1.82) is 0 Å². The summed E-state index contributed by atoms with van der Waals surface area (Å²) in [5, 5.41) is 3.37. The van der Waals surface area contributed by atoms with Gasteiger partial charge < -0.3 is 19.5 Å². The third kappa shape index (κ3) is 1.93. The van der Waals surface area contributed by atoms with Gasteiger partial charge in [0.05, 0.1) is 7.11 Å². The highest BCUT2D eigenvalue weighted by Crippen LogP contribution is 2.40. The van der Waals surface area contributed by atoms with Crippen molar-refractivity contribution in [3.05, 3.63) is 17.7 Å². The third-order valence-corrected chi connectivity index (χ3v) is 3.39. The molecule has 2 heterocycles. The second kappa shape index (κ2) is 4.45. The lowest BCUT2D eigenvalue weighted by Crippen LogP contribution is -2.16. The highest BCUT2D eigenvalue weighted by Gasteiger charge is 2.24. The Hall–Kier alpha value is -1.42. The largest absolute Gasteiger partial charge is 0.496 e. The summed E-state index contributed by atoms with van der Waals surface area (Å²) in [6.07, 6.45) is 1.15. The number of hydrogen-bond donors (Lipinski definition) is 1. The molecule has 2 aliphatic rings. The molecule has 1 saturated heterocycles. The number of nitrogens with one attached hydrogen (secondary N) is 1. The van der Waals surface area contributed by atoms with Gasteiger partial charge in [0.25, 0.3) is 0 Å². The lowest BCUT2D eigenvalue weighted by atomic mass is 9.96. The molecule has 1 unspecified atom stereocenters. The molecule has 0 bridgehead atoms. The van der Waals surface area contributed by atoms with E-state index < -0.39 is 0 Å². The maximum absolute atomic E-state index is 5.62. The van der Waals surface area contributed by atoms with Gasteiger partial charge in [-0.15, -0.1) is 0 Å². The predicted molar refractivity (Wildman–Crippen MR) is 64.2 cm³/mol. The number of rotatable bonds is 2. The van der Waals surface area contributed by atoms with E-state index in [0.717, 1.165) is 36.8 Å². The molecule has 1 N–H and O–H groups in total. The zero-order valence-electron chi connectivity index (χ0n) is 9.99. The van der Waals surface area contributed by atoms with Gasteiger partial charge in [-0.05, 0) is 19.0 Å². The van der Waals surface area contributed by atoms with Crippen LogP contribution >= 0.6 is 0 Å². The zero-order chi connectivity index (χ0) is 11.7. The van der Waals surface area contributed by atoms with E-state index in [9.17, 15) is 0 Å². The second-order valence-corrected chi connectivity index (χ2v) is 4.43. The van der Waals surface area contributed by atoms with Crippen LogP contribution in [-0.2, 0) is 0 Å². The Kier molecular flexibility index (Phi) is 2.81. The van der Waals surface area contributed by atoms with Crippen molar-refractivity contribution in [2.75, 3.05) is 33.4 Å². The quantitative estimate of drug-likeness (QED) is 0.844. The average molecular weight is 235 g/mol. The van der Waals surface area contributed by atoms with Crippen molar-refractivity contribution in [2.45, 2.75) is 12.3 Å². The van der Waals surface area contributed by atoms with Crippen molar-refractivity contribution in [2.24, 2.45) is 0 Å². The van der Waals surface area contributed by atoms with Crippen molar-refractivity contribution < 1.29 is 14.2 Å². The number of hydrogen-bond acceptors (Lipinski definition) is 4. The highest BCUT2D eigenvalue weighted by molar-refractivity contribution is 5.52. The van der Waals surface area contributed by atoms with Crippen LogP contribution in [0.5, 0.6) is 17.2 Å². The van der Waals surface area contributed by atoms with Crippen molar-refractivity contribution in [3.8, 4) is 17.2 Å². The number of fused-ring (bicyclic) bond motifs is 1. The standard InChI is InChI=1S/C13H17NO3/c1-15-11-7-13-12(16-4-5-17-13)6-10(11)9-2-3-14-8-9/h6-7,9,14H,2-5,8H2,1H3. The van der Waals surface area contributed by atoms with Crippen LogP contribution in [0.4, 0.5) is 0 Å². The Morgan fingerprint density at radius 2 is 2.00 bits per heavy atom. The highest BCUT2D eigenvalue weighted by atomic mass is 16.6. The first-order valence-corrected chi connectivity index (χ1v) is 6.06. The number of ether oxygens (including phenoxy) is 3. The molecule has 4 nitrogen and oxygen atoms in total. The Morgan fingerprint density at radius 1 is 1.24 bits per heavy atom. The summed E-state index contributed by atoms with van der Waals surface area (Å²) < 4.78 is 16.6. The smallest absolute Gasteiger partial charge is 0.165 e. The van der Waals surface area contributed by atoms with E-state index in [1.54, 1.807) is 7.11 Å². The second-order valence-electron chi connectivity index (χ2n) is 4.43. The first-order valence-electron chi connectivity index (χ1n) is 6.06. The summed E-state index contributed by atoms with van der Waals surface area (Å²) in [7, 11) is 1.71. The van der Waals surface area contributed by atoms with Crippen molar-refractivity contribution in [3.63, 3.8) is 0 Å². The minimum Gasteiger partial charge on any atom is -0.496 e. The maximum atomic E-state index is 5.62. The van der Waals surface area contributed by atoms with Crippen LogP contribution in [0.2, 0.25) is 0 Å². The summed E-state index contributed by atoms with van der Waals surface area (Å²) in [6, 6.07) is 4.02. The fourth-order valence-electron chi connectivity index (χ4n) is 2.50. The molecule has 0 amide bonds. The van der Waals surface area contributed by atoms with Crippen molar-refractivity contribution >= 4 is 0 Å². The Morgan fingerprint density at radius 3 is 2.65 bits per heavy atom. The van der Waals surface area contributed by atoms with Gasteiger partial charge in [0, 0.05) is 24.1 Å². The molecule has 3 rings (SSSR count). The average Bonchev–Trinajstić information content (AvgIpc) is 2.91. The van der Waals surface area contributed by atoms with Crippen molar-refractivity contribution in [1.82, 2.24) is 5.32 Å². The van der Waals surface area contributed by atoms with Crippen LogP contribution in [0.1, 0.15) is 17.9 Å². The van der Waals surface area contributed by atoms with Crippen LogP contribution in [0, 0.1) is 0 Å².